The zero-order valence-electron chi connectivity index (χ0n) is 11.3. The van der Waals surface area contributed by atoms with Crippen LogP contribution in [-0.2, 0) is 10.3 Å². The molecule has 0 spiro atoms. The van der Waals surface area contributed by atoms with Gasteiger partial charge in [-0.3, -0.25) is 4.90 Å². The summed E-state index contributed by atoms with van der Waals surface area (Å²) in [6.07, 6.45) is 0. The lowest BCUT2D eigenvalue weighted by Crippen LogP contribution is -2.56. The number of carboxylic acid groups (broad SMARTS) is 1. The van der Waals surface area contributed by atoms with Gasteiger partial charge in [0, 0.05) is 26.2 Å². The molecule has 0 aromatic heterocycles. The Kier molecular flexibility index (Phi) is 3.78. The summed E-state index contributed by atoms with van der Waals surface area (Å²) in [4.78, 5) is 15.9. The van der Waals surface area contributed by atoms with Gasteiger partial charge >= 0.3 is 5.97 Å². The second-order valence-corrected chi connectivity index (χ2v) is 5.22. The van der Waals surface area contributed by atoms with Crippen molar-refractivity contribution in [3.05, 3.63) is 29.8 Å². The molecule has 1 aliphatic heterocycles. The molecule has 1 heterocycles. The molecule has 2 rings (SSSR count). The molecule has 1 aromatic carbocycles. The molecule has 0 aliphatic carbocycles. The first-order valence-electron chi connectivity index (χ1n) is 6.41. The van der Waals surface area contributed by atoms with Crippen LogP contribution >= 0.6 is 0 Å². The van der Waals surface area contributed by atoms with Gasteiger partial charge in [-0.05, 0) is 31.7 Å². The van der Waals surface area contributed by atoms with E-state index in [1.165, 1.54) is 6.07 Å². The maximum absolute atomic E-state index is 11.8. The average molecular weight is 264 g/mol. The molecule has 1 fully saturated rings. The number of rotatable bonds is 3. The number of piperazine rings is 1. The van der Waals surface area contributed by atoms with E-state index in [9.17, 15) is 15.0 Å². The fourth-order valence-electron chi connectivity index (χ4n) is 2.50. The van der Waals surface area contributed by atoms with Gasteiger partial charge in [-0.15, -0.1) is 0 Å². The number of phenolic OH excluding ortho intramolecular Hbond substituents is 1. The van der Waals surface area contributed by atoms with E-state index in [2.05, 4.69) is 4.90 Å². The Morgan fingerprint density at radius 2 is 1.89 bits per heavy atom. The lowest BCUT2D eigenvalue weighted by molar-refractivity contribution is -0.152. The number of phenols is 1. The van der Waals surface area contributed by atoms with Crippen molar-refractivity contribution in [2.24, 2.45) is 0 Å². The quantitative estimate of drug-likeness (QED) is 0.850. The maximum Gasteiger partial charge on any atom is 0.328 e. The summed E-state index contributed by atoms with van der Waals surface area (Å²) in [5, 5.41) is 19.2. The molecule has 19 heavy (non-hydrogen) atoms. The van der Waals surface area contributed by atoms with Crippen molar-refractivity contribution in [1.82, 2.24) is 9.80 Å². The summed E-state index contributed by atoms with van der Waals surface area (Å²) in [6, 6.07) is 6.52. The SMILES string of the molecule is CN1CCN(C(C)(C(=O)O)c2cccc(O)c2)CC1. The first kappa shape index (κ1) is 13.8. The number of hydrogen-bond acceptors (Lipinski definition) is 4. The summed E-state index contributed by atoms with van der Waals surface area (Å²) in [7, 11) is 2.03. The standard InChI is InChI=1S/C14H20N2O3/c1-14(13(18)19,11-4-3-5-12(17)10-11)16-8-6-15(2)7-9-16/h3-5,10,17H,6-9H2,1-2H3,(H,18,19). The Hall–Kier alpha value is -1.59. The van der Waals surface area contributed by atoms with Crippen LogP contribution in [0.1, 0.15) is 12.5 Å². The molecular formula is C14H20N2O3. The van der Waals surface area contributed by atoms with Gasteiger partial charge in [0.25, 0.3) is 0 Å². The predicted molar refractivity (Wildman–Crippen MR) is 72.2 cm³/mol. The van der Waals surface area contributed by atoms with Gasteiger partial charge in [0.15, 0.2) is 0 Å². The molecule has 0 amide bonds. The number of aliphatic carboxylic acids is 1. The van der Waals surface area contributed by atoms with E-state index >= 15 is 0 Å². The Morgan fingerprint density at radius 3 is 2.42 bits per heavy atom. The van der Waals surface area contributed by atoms with Gasteiger partial charge < -0.3 is 15.1 Å². The highest BCUT2D eigenvalue weighted by atomic mass is 16.4. The summed E-state index contributed by atoms with van der Waals surface area (Å²) < 4.78 is 0. The monoisotopic (exact) mass is 264 g/mol. The third kappa shape index (κ3) is 2.57. The number of nitrogens with zero attached hydrogens (tertiary/aromatic N) is 2. The predicted octanol–water partition coefficient (Wildman–Crippen LogP) is 0.939. The van der Waals surface area contributed by atoms with Gasteiger partial charge in [0.2, 0.25) is 0 Å². The Balaban J connectivity index is 2.35. The maximum atomic E-state index is 11.8. The third-order valence-corrected chi connectivity index (χ3v) is 3.96. The van der Waals surface area contributed by atoms with Crippen LogP contribution in [0.3, 0.4) is 0 Å². The number of aromatic hydroxyl groups is 1. The molecule has 0 radical (unpaired) electrons. The van der Waals surface area contributed by atoms with Crippen molar-refractivity contribution in [2.45, 2.75) is 12.5 Å². The first-order valence-corrected chi connectivity index (χ1v) is 6.41. The van der Waals surface area contributed by atoms with Crippen LogP contribution < -0.4 is 0 Å². The molecule has 1 atom stereocenters. The molecule has 2 N–H and O–H groups in total. The summed E-state index contributed by atoms with van der Waals surface area (Å²) in [5.41, 5.74) is -0.482. The fourth-order valence-corrected chi connectivity index (χ4v) is 2.50. The molecule has 1 saturated heterocycles. The fraction of sp³-hybridized carbons (Fsp3) is 0.500. The zero-order valence-corrected chi connectivity index (χ0v) is 11.3. The highest BCUT2D eigenvalue weighted by Gasteiger charge is 2.42. The minimum Gasteiger partial charge on any atom is -0.508 e. The molecule has 1 unspecified atom stereocenters. The van der Waals surface area contributed by atoms with Crippen LogP contribution in [0, 0.1) is 0 Å². The van der Waals surface area contributed by atoms with Crippen molar-refractivity contribution < 1.29 is 15.0 Å². The molecule has 104 valence electrons. The Morgan fingerprint density at radius 1 is 1.26 bits per heavy atom. The van der Waals surface area contributed by atoms with E-state index in [4.69, 9.17) is 0 Å². The number of likely N-dealkylation sites (N-methyl/N-ethyl adjacent to an activating group) is 1. The molecule has 0 saturated carbocycles. The Labute approximate surface area is 113 Å². The third-order valence-electron chi connectivity index (χ3n) is 3.96. The van der Waals surface area contributed by atoms with Gasteiger partial charge in [0.1, 0.15) is 11.3 Å². The van der Waals surface area contributed by atoms with Crippen LogP contribution in [0.2, 0.25) is 0 Å². The van der Waals surface area contributed by atoms with E-state index in [1.807, 2.05) is 11.9 Å². The first-order chi connectivity index (χ1) is 8.94. The summed E-state index contributed by atoms with van der Waals surface area (Å²) in [5.74, 6) is -0.790. The largest absolute Gasteiger partial charge is 0.508 e. The van der Waals surface area contributed by atoms with Gasteiger partial charge in [-0.1, -0.05) is 12.1 Å². The van der Waals surface area contributed by atoms with E-state index < -0.39 is 11.5 Å². The number of hydrogen-bond donors (Lipinski definition) is 2. The average Bonchev–Trinajstić information content (AvgIpc) is 2.38. The van der Waals surface area contributed by atoms with Crippen LogP contribution in [-0.4, -0.2) is 59.2 Å². The van der Waals surface area contributed by atoms with Crippen LogP contribution in [0.4, 0.5) is 0 Å². The van der Waals surface area contributed by atoms with Gasteiger partial charge in [-0.2, -0.15) is 0 Å². The summed E-state index contributed by atoms with van der Waals surface area (Å²) in [6.45, 7) is 4.81. The lowest BCUT2D eigenvalue weighted by Gasteiger charge is -2.42. The van der Waals surface area contributed by atoms with Crippen LogP contribution in [0.5, 0.6) is 5.75 Å². The minimum atomic E-state index is -1.10. The highest BCUT2D eigenvalue weighted by molar-refractivity contribution is 5.80. The zero-order chi connectivity index (χ0) is 14.0. The van der Waals surface area contributed by atoms with E-state index in [-0.39, 0.29) is 5.75 Å². The van der Waals surface area contributed by atoms with Crippen molar-refractivity contribution in [1.29, 1.82) is 0 Å². The smallest absolute Gasteiger partial charge is 0.328 e. The van der Waals surface area contributed by atoms with Crippen molar-refractivity contribution in [2.75, 3.05) is 33.2 Å². The molecule has 5 nitrogen and oxygen atoms in total. The van der Waals surface area contributed by atoms with Crippen LogP contribution in [0.15, 0.2) is 24.3 Å². The van der Waals surface area contributed by atoms with Crippen LogP contribution in [0.25, 0.3) is 0 Å². The Bertz CT molecular complexity index is 470. The lowest BCUT2D eigenvalue weighted by atomic mass is 9.89. The number of carbonyl (C=O) groups is 1. The second kappa shape index (κ2) is 5.19. The van der Waals surface area contributed by atoms with Gasteiger partial charge in [-0.25, -0.2) is 4.79 Å². The molecule has 0 bridgehead atoms. The highest BCUT2D eigenvalue weighted by Crippen LogP contribution is 2.31. The van der Waals surface area contributed by atoms with Crippen molar-refractivity contribution in [3.63, 3.8) is 0 Å². The normalized spacial score (nSPS) is 20.9. The molecule has 1 aromatic rings. The van der Waals surface area contributed by atoms with Crippen molar-refractivity contribution >= 4 is 5.97 Å². The topological polar surface area (TPSA) is 64.0 Å². The van der Waals surface area contributed by atoms with E-state index in [0.29, 0.717) is 18.7 Å². The molecular weight excluding hydrogens is 244 g/mol. The summed E-state index contributed by atoms with van der Waals surface area (Å²) >= 11 is 0. The van der Waals surface area contributed by atoms with Gasteiger partial charge in [0.05, 0.1) is 0 Å². The number of carboxylic acids is 1. The molecule has 1 aliphatic rings. The minimum absolute atomic E-state index is 0.0964. The molecule has 5 heteroatoms. The number of benzene rings is 1. The van der Waals surface area contributed by atoms with Crippen molar-refractivity contribution in [3.8, 4) is 5.75 Å². The van der Waals surface area contributed by atoms with E-state index in [0.717, 1.165) is 13.1 Å². The van der Waals surface area contributed by atoms with E-state index in [1.54, 1.807) is 25.1 Å². The second-order valence-electron chi connectivity index (χ2n) is 5.22.